The van der Waals surface area contributed by atoms with Crippen LogP contribution in [0.2, 0.25) is 5.02 Å². The van der Waals surface area contributed by atoms with Gasteiger partial charge in [0, 0.05) is 11.4 Å². The summed E-state index contributed by atoms with van der Waals surface area (Å²) in [4.78, 5) is 23.0. The lowest BCUT2D eigenvalue weighted by atomic mass is 10.2. The molecule has 6 heteroatoms. The number of halogens is 1. The van der Waals surface area contributed by atoms with E-state index in [1.165, 1.54) is 0 Å². The number of hydrogen-bond donors (Lipinski definition) is 3. The first-order valence-corrected chi connectivity index (χ1v) is 6.54. The molecule has 1 aromatic rings. The highest BCUT2D eigenvalue weighted by molar-refractivity contribution is 6.31. The normalized spacial score (nSPS) is 10.1. The number of nitrogens with two attached hydrogens (primary N) is 1. The van der Waals surface area contributed by atoms with E-state index >= 15 is 0 Å². The van der Waals surface area contributed by atoms with Gasteiger partial charge < -0.3 is 16.4 Å². The second kappa shape index (κ2) is 7.76. The Morgan fingerprint density at radius 2 is 1.89 bits per heavy atom. The van der Waals surface area contributed by atoms with Crippen LogP contribution in [0.25, 0.3) is 0 Å². The Bertz CT molecular complexity index is 463. The molecule has 0 aliphatic rings. The molecule has 1 aromatic carbocycles. The van der Waals surface area contributed by atoms with Crippen molar-refractivity contribution in [1.82, 2.24) is 0 Å². The maximum Gasteiger partial charge on any atom is 0.238 e. The molecule has 0 spiro atoms. The van der Waals surface area contributed by atoms with Crippen molar-refractivity contribution in [3.8, 4) is 0 Å². The van der Waals surface area contributed by atoms with Crippen LogP contribution in [0.4, 0.5) is 11.4 Å². The average molecular weight is 284 g/mol. The fourth-order valence-corrected chi connectivity index (χ4v) is 1.65. The van der Waals surface area contributed by atoms with Gasteiger partial charge in [0.05, 0.1) is 17.9 Å². The van der Waals surface area contributed by atoms with E-state index < -0.39 is 0 Å². The fourth-order valence-electron chi connectivity index (χ4n) is 1.48. The second-order valence-corrected chi connectivity index (χ2v) is 4.53. The highest BCUT2D eigenvalue weighted by Crippen LogP contribution is 2.26. The molecule has 0 heterocycles. The molecule has 0 fully saturated rings. The Hall–Kier alpha value is -1.59. The lowest BCUT2D eigenvalue weighted by Crippen LogP contribution is -2.23. The third kappa shape index (κ3) is 5.28. The molecule has 0 saturated carbocycles. The van der Waals surface area contributed by atoms with Gasteiger partial charge in [-0.05, 0) is 24.6 Å². The topological polar surface area (TPSA) is 84.2 Å². The van der Waals surface area contributed by atoms with E-state index in [-0.39, 0.29) is 18.4 Å². The number of benzene rings is 1. The fraction of sp³-hybridized carbons (Fsp3) is 0.385. The summed E-state index contributed by atoms with van der Waals surface area (Å²) in [7, 11) is 0. The second-order valence-electron chi connectivity index (χ2n) is 4.09. The van der Waals surface area contributed by atoms with Crippen molar-refractivity contribution < 1.29 is 9.59 Å². The molecule has 0 saturated heterocycles. The zero-order valence-corrected chi connectivity index (χ0v) is 11.6. The van der Waals surface area contributed by atoms with E-state index in [9.17, 15) is 9.59 Å². The minimum Gasteiger partial charge on any atom is -0.324 e. The van der Waals surface area contributed by atoms with Crippen LogP contribution in [-0.4, -0.2) is 18.4 Å². The number of unbranched alkanes of at least 4 members (excludes halogenated alkanes) is 1. The number of carbonyl (C=O) groups excluding carboxylic acids is 2. The molecule has 0 radical (unpaired) electrons. The molecule has 1 rings (SSSR count). The highest BCUT2D eigenvalue weighted by Gasteiger charge is 2.09. The van der Waals surface area contributed by atoms with Gasteiger partial charge >= 0.3 is 0 Å². The lowest BCUT2D eigenvalue weighted by Gasteiger charge is -2.12. The molecule has 0 atom stereocenters. The van der Waals surface area contributed by atoms with E-state index in [1.807, 2.05) is 6.92 Å². The average Bonchev–Trinajstić information content (AvgIpc) is 2.39. The van der Waals surface area contributed by atoms with Gasteiger partial charge in [-0.3, -0.25) is 9.59 Å². The van der Waals surface area contributed by atoms with Crippen molar-refractivity contribution in [3.63, 3.8) is 0 Å². The number of carbonyl (C=O) groups is 2. The zero-order valence-electron chi connectivity index (χ0n) is 10.8. The maximum atomic E-state index is 11.7. The van der Waals surface area contributed by atoms with E-state index in [4.69, 9.17) is 17.3 Å². The summed E-state index contributed by atoms with van der Waals surface area (Å²) < 4.78 is 0. The Kier molecular flexibility index (Phi) is 6.32. The first-order valence-electron chi connectivity index (χ1n) is 6.16. The SMILES string of the molecule is CCCCC(=O)Nc1ccc(Cl)cc1NC(=O)CN. The molecule has 4 N–H and O–H groups in total. The van der Waals surface area contributed by atoms with Gasteiger partial charge in [-0.25, -0.2) is 0 Å². The quantitative estimate of drug-likeness (QED) is 0.749. The molecule has 0 aliphatic heterocycles. The number of nitrogens with one attached hydrogen (secondary N) is 2. The van der Waals surface area contributed by atoms with Gasteiger partial charge in [-0.15, -0.1) is 0 Å². The summed E-state index contributed by atoms with van der Waals surface area (Å²) in [5.41, 5.74) is 6.21. The molecule has 0 bridgehead atoms. The summed E-state index contributed by atoms with van der Waals surface area (Å²) in [5.74, 6) is -0.432. The Labute approximate surface area is 117 Å². The molecule has 5 nitrogen and oxygen atoms in total. The summed E-state index contributed by atoms with van der Waals surface area (Å²) in [5, 5.41) is 5.82. The first kappa shape index (κ1) is 15.5. The number of rotatable bonds is 6. The van der Waals surface area contributed by atoms with Crippen LogP contribution in [-0.2, 0) is 9.59 Å². The number of anilines is 2. The monoisotopic (exact) mass is 283 g/mol. The summed E-state index contributed by atoms with van der Waals surface area (Å²) >= 11 is 5.87. The minimum atomic E-state index is -0.341. The van der Waals surface area contributed by atoms with Crippen molar-refractivity contribution in [1.29, 1.82) is 0 Å². The van der Waals surface area contributed by atoms with Gasteiger partial charge in [0.1, 0.15) is 0 Å². The van der Waals surface area contributed by atoms with Crippen LogP contribution < -0.4 is 16.4 Å². The maximum absolute atomic E-state index is 11.7. The van der Waals surface area contributed by atoms with E-state index in [0.717, 1.165) is 12.8 Å². The smallest absolute Gasteiger partial charge is 0.238 e. The van der Waals surface area contributed by atoms with Crippen molar-refractivity contribution in [2.75, 3.05) is 17.2 Å². The molecular weight excluding hydrogens is 266 g/mol. The molecule has 104 valence electrons. The molecule has 0 aromatic heterocycles. The van der Waals surface area contributed by atoms with Crippen LogP contribution >= 0.6 is 11.6 Å². The van der Waals surface area contributed by atoms with Crippen LogP contribution in [0.3, 0.4) is 0 Å². The largest absolute Gasteiger partial charge is 0.324 e. The standard InChI is InChI=1S/C13H18ClN3O2/c1-2-3-4-12(18)16-10-6-5-9(14)7-11(10)17-13(19)8-15/h5-7H,2-4,8,15H2,1H3,(H,16,18)(H,17,19). The molecular formula is C13H18ClN3O2. The molecule has 2 amide bonds. The van der Waals surface area contributed by atoms with E-state index in [1.54, 1.807) is 18.2 Å². The Balaban J connectivity index is 2.81. The molecule has 0 aliphatic carbocycles. The van der Waals surface area contributed by atoms with Crippen LogP contribution in [0.15, 0.2) is 18.2 Å². The summed E-state index contributed by atoms with van der Waals surface area (Å²) in [6, 6.07) is 4.87. The van der Waals surface area contributed by atoms with Crippen LogP contribution in [0.5, 0.6) is 0 Å². The third-order valence-corrected chi connectivity index (χ3v) is 2.71. The Morgan fingerprint density at radius 1 is 1.21 bits per heavy atom. The summed E-state index contributed by atoms with van der Waals surface area (Å²) in [6.07, 6.45) is 2.22. The Morgan fingerprint density at radius 3 is 2.53 bits per heavy atom. The number of hydrogen-bond acceptors (Lipinski definition) is 3. The molecule has 0 unspecified atom stereocenters. The lowest BCUT2D eigenvalue weighted by molar-refractivity contribution is -0.116. The number of amides is 2. The predicted octanol–water partition coefficient (Wildman–Crippen LogP) is 2.37. The van der Waals surface area contributed by atoms with Crippen molar-refractivity contribution in [2.24, 2.45) is 5.73 Å². The van der Waals surface area contributed by atoms with Crippen molar-refractivity contribution in [2.45, 2.75) is 26.2 Å². The van der Waals surface area contributed by atoms with E-state index in [0.29, 0.717) is 22.8 Å². The van der Waals surface area contributed by atoms with Crippen molar-refractivity contribution >= 4 is 34.8 Å². The van der Waals surface area contributed by atoms with Gasteiger partial charge in [0.25, 0.3) is 0 Å². The molecule has 19 heavy (non-hydrogen) atoms. The van der Waals surface area contributed by atoms with Crippen LogP contribution in [0.1, 0.15) is 26.2 Å². The van der Waals surface area contributed by atoms with Gasteiger partial charge in [0.15, 0.2) is 0 Å². The summed E-state index contributed by atoms with van der Waals surface area (Å²) in [6.45, 7) is 1.89. The predicted molar refractivity (Wildman–Crippen MR) is 77.3 cm³/mol. The van der Waals surface area contributed by atoms with E-state index in [2.05, 4.69) is 10.6 Å². The van der Waals surface area contributed by atoms with Crippen LogP contribution in [0, 0.1) is 0 Å². The highest BCUT2D eigenvalue weighted by atomic mass is 35.5. The van der Waals surface area contributed by atoms with Crippen molar-refractivity contribution in [3.05, 3.63) is 23.2 Å². The zero-order chi connectivity index (χ0) is 14.3. The third-order valence-electron chi connectivity index (χ3n) is 2.47. The minimum absolute atomic E-state index is 0.0904. The van der Waals surface area contributed by atoms with Gasteiger partial charge in [0.2, 0.25) is 11.8 Å². The first-order chi connectivity index (χ1) is 9.06. The van der Waals surface area contributed by atoms with Gasteiger partial charge in [-0.1, -0.05) is 24.9 Å². The van der Waals surface area contributed by atoms with Gasteiger partial charge in [-0.2, -0.15) is 0 Å².